The van der Waals surface area contributed by atoms with Crippen LogP contribution in [-0.2, 0) is 0 Å². The van der Waals surface area contributed by atoms with E-state index in [1.54, 1.807) is 0 Å². The van der Waals surface area contributed by atoms with Crippen molar-refractivity contribution in [3.63, 3.8) is 0 Å². The van der Waals surface area contributed by atoms with Crippen molar-refractivity contribution < 1.29 is 0 Å². The van der Waals surface area contributed by atoms with Crippen LogP contribution in [0, 0.1) is 5.92 Å². The maximum Gasteiger partial charge on any atom is 0.0166 e. The van der Waals surface area contributed by atoms with Gasteiger partial charge in [-0.2, -0.15) is 11.8 Å². The number of unbranched alkanes of at least 4 members (excludes halogenated alkanes) is 7. The van der Waals surface area contributed by atoms with Crippen LogP contribution in [0.1, 0.15) is 64.7 Å². The second kappa shape index (κ2) is 9.35. The minimum Gasteiger partial charge on any atom is -0.327 e. The Morgan fingerprint density at radius 3 is 2.12 bits per heavy atom. The van der Waals surface area contributed by atoms with Crippen LogP contribution < -0.4 is 5.73 Å². The number of hydrogen-bond acceptors (Lipinski definition) is 2. The van der Waals surface area contributed by atoms with Crippen LogP contribution in [0.5, 0.6) is 0 Å². The lowest BCUT2D eigenvalue weighted by Gasteiger charge is -2.13. The highest BCUT2D eigenvalue weighted by Crippen LogP contribution is 2.27. The van der Waals surface area contributed by atoms with Gasteiger partial charge < -0.3 is 5.73 Å². The van der Waals surface area contributed by atoms with Crippen LogP contribution in [0.25, 0.3) is 0 Å². The van der Waals surface area contributed by atoms with Gasteiger partial charge >= 0.3 is 0 Å². The predicted molar refractivity (Wildman–Crippen MR) is 76.0 cm³/mol. The van der Waals surface area contributed by atoms with E-state index in [1.807, 2.05) is 11.8 Å². The molecule has 1 fully saturated rings. The molecule has 1 heterocycles. The Labute approximate surface area is 106 Å². The Kier molecular flexibility index (Phi) is 8.40. The molecule has 0 amide bonds. The summed E-state index contributed by atoms with van der Waals surface area (Å²) in [5, 5.41) is 0. The molecule has 2 heteroatoms. The highest BCUT2D eigenvalue weighted by molar-refractivity contribution is 7.99. The van der Waals surface area contributed by atoms with E-state index in [0.717, 1.165) is 5.92 Å². The summed E-state index contributed by atoms with van der Waals surface area (Å²) in [7, 11) is 0. The Morgan fingerprint density at radius 2 is 1.56 bits per heavy atom. The van der Waals surface area contributed by atoms with Crippen molar-refractivity contribution in [2.75, 3.05) is 11.5 Å². The molecule has 0 spiro atoms. The zero-order valence-electron chi connectivity index (χ0n) is 10.9. The molecule has 0 aliphatic carbocycles. The van der Waals surface area contributed by atoms with Crippen LogP contribution >= 0.6 is 11.8 Å². The van der Waals surface area contributed by atoms with Gasteiger partial charge in [0.2, 0.25) is 0 Å². The molecule has 0 saturated carbocycles. The summed E-state index contributed by atoms with van der Waals surface area (Å²) in [5.74, 6) is 3.34. The molecule has 1 saturated heterocycles. The van der Waals surface area contributed by atoms with Gasteiger partial charge in [0.25, 0.3) is 0 Å². The molecule has 1 aliphatic heterocycles. The van der Waals surface area contributed by atoms with Crippen molar-refractivity contribution in [1.82, 2.24) is 0 Å². The van der Waals surface area contributed by atoms with Crippen molar-refractivity contribution in [2.45, 2.75) is 70.8 Å². The van der Waals surface area contributed by atoms with Gasteiger partial charge in [-0.05, 0) is 18.1 Å². The van der Waals surface area contributed by atoms with E-state index in [1.165, 1.54) is 69.3 Å². The molecule has 96 valence electrons. The summed E-state index contributed by atoms with van der Waals surface area (Å²) in [6.45, 7) is 2.28. The third-order valence-corrected chi connectivity index (χ3v) is 4.96. The van der Waals surface area contributed by atoms with Crippen LogP contribution in [0.4, 0.5) is 0 Å². The van der Waals surface area contributed by atoms with Gasteiger partial charge in [-0.25, -0.2) is 0 Å². The minimum absolute atomic E-state index is 0.495. The monoisotopic (exact) mass is 243 g/mol. The predicted octanol–water partition coefficient (Wildman–Crippen LogP) is 4.21. The van der Waals surface area contributed by atoms with E-state index < -0.39 is 0 Å². The second-order valence-corrected chi connectivity index (χ2v) is 6.30. The summed E-state index contributed by atoms with van der Waals surface area (Å²) in [6.07, 6.45) is 12.8. The summed E-state index contributed by atoms with van der Waals surface area (Å²) in [6, 6.07) is 0.495. The minimum atomic E-state index is 0.495. The fourth-order valence-electron chi connectivity index (χ4n) is 2.45. The first-order chi connectivity index (χ1) is 7.84. The molecule has 2 atom stereocenters. The zero-order chi connectivity index (χ0) is 11.6. The standard InChI is InChI=1S/C14H29NS/c1-2-3-4-5-6-7-8-9-10-13-11-16-12-14(13)15/h13-14H,2-12,15H2,1H3. The van der Waals surface area contributed by atoms with Gasteiger partial charge in [-0.1, -0.05) is 58.3 Å². The highest BCUT2D eigenvalue weighted by Gasteiger charge is 2.23. The first kappa shape index (κ1) is 14.4. The average molecular weight is 243 g/mol. The topological polar surface area (TPSA) is 26.0 Å². The maximum absolute atomic E-state index is 6.05. The third-order valence-electron chi connectivity index (χ3n) is 3.68. The molecule has 16 heavy (non-hydrogen) atoms. The fourth-order valence-corrected chi connectivity index (χ4v) is 3.85. The molecule has 1 rings (SSSR count). The molecule has 0 aromatic heterocycles. The van der Waals surface area contributed by atoms with Crippen LogP contribution in [0.2, 0.25) is 0 Å². The van der Waals surface area contributed by atoms with E-state index in [-0.39, 0.29) is 0 Å². The number of rotatable bonds is 9. The zero-order valence-corrected chi connectivity index (χ0v) is 11.7. The van der Waals surface area contributed by atoms with Crippen molar-refractivity contribution in [3.8, 4) is 0 Å². The molecule has 2 unspecified atom stereocenters. The Morgan fingerprint density at radius 1 is 0.938 bits per heavy atom. The van der Waals surface area contributed by atoms with Gasteiger partial charge in [0.15, 0.2) is 0 Å². The summed E-state index contributed by atoms with van der Waals surface area (Å²) in [5.41, 5.74) is 6.05. The second-order valence-electron chi connectivity index (χ2n) is 5.22. The maximum atomic E-state index is 6.05. The first-order valence-electron chi connectivity index (χ1n) is 7.18. The Bertz CT molecular complexity index is 161. The van der Waals surface area contributed by atoms with Crippen LogP contribution in [-0.4, -0.2) is 17.5 Å². The molecular weight excluding hydrogens is 214 g/mol. The Hall–Kier alpha value is 0.310. The smallest absolute Gasteiger partial charge is 0.0166 e. The average Bonchev–Trinajstić information content (AvgIpc) is 2.68. The Balaban J connectivity index is 1.81. The van der Waals surface area contributed by atoms with Gasteiger partial charge in [-0.3, -0.25) is 0 Å². The summed E-state index contributed by atoms with van der Waals surface area (Å²) >= 11 is 2.04. The SMILES string of the molecule is CCCCCCCCCCC1CSCC1N. The van der Waals surface area contributed by atoms with E-state index in [4.69, 9.17) is 5.73 Å². The molecule has 0 bridgehead atoms. The summed E-state index contributed by atoms with van der Waals surface area (Å²) in [4.78, 5) is 0. The van der Waals surface area contributed by atoms with Crippen molar-refractivity contribution in [3.05, 3.63) is 0 Å². The van der Waals surface area contributed by atoms with Gasteiger partial charge in [0.05, 0.1) is 0 Å². The lowest BCUT2D eigenvalue weighted by molar-refractivity contribution is 0.446. The number of thioether (sulfide) groups is 1. The first-order valence-corrected chi connectivity index (χ1v) is 8.33. The normalized spacial score (nSPS) is 25.1. The highest BCUT2D eigenvalue weighted by atomic mass is 32.2. The molecule has 1 nitrogen and oxygen atoms in total. The molecule has 0 radical (unpaired) electrons. The van der Waals surface area contributed by atoms with E-state index >= 15 is 0 Å². The lowest BCUT2D eigenvalue weighted by Crippen LogP contribution is -2.28. The number of hydrogen-bond donors (Lipinski definition) is 1. The molecule has 0 aromatic carbocycles. The molecule has 0 aromatic rings. The quantitative estimate of drug-likeness (QED) is 0.614. The van der Waals surface area contributed by atoms with Crippen LogP contribution in [0.15, 0.2) is 0 Å². The molecule has 1 aliphatic rings. The summed E-state index contributed by atoms with van der Waals surface area (Å²) < 4.78 is 0. The van der Waals surface area contributed by atoms with Crippen molar-refractivity contribution in [2.24, 2.45) is 11.7 Å². The van der Waals surface area contributed by atoms with Crippen molar-refractivity contribution >= 4 is 11.8 Å². The third kappa shape index (κ3) is 6.15. The van der Waals surface area contributed by atoms with Crippen molar-refractivity contribution in [1.29, 1.82) is 0 Å². The van der Waals surface area contributed by atoms with Gasteiger partial charge in [0, 0.05) is 11.8 Å². The van der Waals surface area contributed by atoms with Gasteiger partial charge in [-0.15, -0.1) is 0 Å². The van der Waals surface area contributed by atoms with Crippen LogP contribution in [0.3, 0.4) is 0 Å². The van der Waals surface area contributed by atoms with Gasteiger partial charge in [0.1, 0.15) is 0 Å². The fraction of sp³-hybridized carbons (Fsp3) is 1.00. The number of nitrogens with two attached hydrogens (primary N) is 1. The molecule has 2 N–H and O–H groups in total. The molecular formula is C14H29NS. The van der Waals surface area contributed by atoms with E-state index in [2.05, 4.69) is 6.92 Å². The largest absolute Gasteiger partial charge is 0.327 e. The van der Waals surface area contributed by atoms with E-state index in [0.29, 0.717) is 6.04 Å². The van der Waals surface area contributed by atoms with E-state index in [9.17, 15) is 0 Å². The lowest BCUT2D eigenvalue weighted by atomic mass is 9.96.